The number of anilines is 1. The highest BCUT2D eigenvalue weighted by Crippen LogP contribution is 2.32. The van der Waals surface area contributed by atoms with Crippen LogP contribution in [0.1, 0.15) is 5.56 Å². The van der Waals surface area contributed by atoms with Crippen LogP contribution in [0, 0.1) is 0 Å². The van der Waals surface area contributed by atoms with Crippen molar-refractivity contribution in [3.05, 3.63) is 64.0 Å². The third kappa shape index (κ3) is 4.25. The van der Waals surface area contributed by atoms with Crippen LogP contribution in [0.3, 0.4) is 0 Å². The summed E-state index contributed by atoms with van der Waals surface area (Å²) in [5.74, 6) is -0.908. The summed E-state index contributed by atoms with van der Waals surface area (Å²) in [6, 6.07) is 12.7. The predicted molar refractivity (Wildman–Crippen MR) is 101 cm³/mol. The molecule has 2 aromatic carbocycles. The number of halogens is 1. The number of nitrogens with one attached hydrogen (secondary N) is 1. The molecule has 0 aliphatic carbocycles. The lowest BCUT2D eigenvalue weighted by Gasteiger charge is -2.12. The zero-order chi connectivity index (χ0) is 18.7. The molecule has 0 saturated carbocycles. The highest BCUT2D eigenvalue weighted by atomic mass is 35.5. The van der Waals surface area contributed by atoms with Gasteiger partial charge in [0.1, 0.15) is 12.3 Å². The van der Waals surface area contributed by atoms with Crippen molar-refractivity contribution in [2.24, 2.45) is 0 Å². The lowest BCUT2D eigenvalue weighted by Crippen LogP contribution is -2.36. The second-order valence-electron chi connectivity index (χ2n) is 5.41. The highest BCUT2D eigenvalue weighted by Gasteiger charge is 2.36. The number of thioether (sulfide) groups is 1. The van der Waals surface area contributed by atoms with E-state index < -0.39 is 17.1 Å². The van der Waals surface area contributed by atoms with E-state index in [2.05, 4.69) is 5.32 Å². The van der Waals surface area contributed by atoms with Crippen molar-refractivity contribution in [3.8, 4) is 5.75 Å². The van der Waals surface area contributed by atoms with Crippen LogP contribution in [0.2, 0.25) is 5.02 Å². The number of nitrogens with zero attached hydrogens (tertiary/aromatic N) is 1. The number of phenolic OH excluding ortho intramolecular Hbond substituents is 1. The molecule has 0 atom stereocenters. The largest absolute Gasteiger partial charge is 0.508 e. The van der Waals surface area contributed by atoms with Gasteiger partial charge >= 0.3 is 0 Å². The smallest absolute Gasteiger partial charge is 0.294 e. The molecular weight excluding hydrogens is 376 g/mol. The Hall–Kier alpha value is -2.77. The van der Waals surface area contributed by atoms with Gasteiger partial charge in [0.15, 0.2) is 0 Å². The van der Waals surface area contributed by atoms with E-state index in [1.165, 1.54) is 12.1 Å². The Morgan fingerprint density at radius 2 is 1.77 bits per heavy atom. The molecule has 1 aliphatic rings. The fourth-order valence-electron chi connectivity index (χ4n) is 2.24. The van der Waals surface area contributed by atoms with Crippen LogP contribution in [-0.4, -0.2) is 33.6 Å². The fraction of sp³-hybridized carbons (Fsp3) is 0.0556. The summed E-state index contributed by atoms with van der Waals surface area (Å²) < 4.78 is 0. The normalized spacial score (nSPS) is 15.6. The van der Waals surface area contributed by atoms with Crippen molar-refractivity contribution in [1.29, 1.82) is 0 Å². The van der Waals surface area contributed by atoms with Crippen LogP contribution >= 0.6 is 23.4 Å². The monoisotopic (exact) mass is 388 g/mol. The maximum atomic E-state index is 12.4. The van der Waals surface area contributed by atoms with Crippen molar-refractivity contribution >= 4 is 52.2 Å². The number of amides is 3. The van der Waals surface area contributed by atoms with Gasteiger partial charge in [0.2, 0.25) is 5.91 Å². The molecule has 2 aromatic rings. The second kappa shape index (κ2) is 7.63. The number of hydrogen-bond donors (Lipinski definition) is 2. The van der Waals surface area contributed by atoms with Gasteiger partial charge in [-0.05, 0) is 59.8 Å². The van der Waals surface area contributed by atoms with E-state index in [4.69, 9.17) is 11.6 Å². The van der Waals surface area contributed by atoms with Crippen LogP contribution in [0.25, 0.3) is 6.08 Å². The minimum absolute atomic E-state index is 0.106. The van der Waals surface area contributed by atoms with Crippen LogP contribution in [0.4, 0.5) is 10.5 Å². The van der Waals surface area contributed by atoms with Crippen LogP contribution in [-0.2, 0) is 9.59 Å². The molecule has 0 bridgehead atoms. The molecule has 0 aromatic heterocycles. The summed E-state index contributed by atoms with van der Waals surface area (Å²) in [6.07, 6.45) is 1.54. The van der Waals surface area contributed by atoms with Gasteiger partial charge in [-0.2, -0.15) is 0 Å². The summed E-state index contributed by atoms with van der Waals surface area (Å²) in [5.41, 5.74) is 1.19. The van der Waals surface area contributed by atoms with E-state index in [0.29, 0.717) is 16.3 Å². The Kier molecular flexibility index (Phi) is 5.29. The number of imide groups is 1. The summed E-state index contributed by atoms with van der Waals surface area (Å²) in [4.78, 5) is 37.7. The lowest BCUT2D eigenvalue weighted by molar-refractivity contribution is -0.127. The standard InChI is InChI=1S/C18H13ClN2O4S/c19-12-3-5-13(6-4-12)20-16(23)10-21-17(24)15(26-18(21)25)9-11-1-7-14(22)8-2-11/h1-9,22H,10H2,(H,20,23)/b15-9-. The quantitative estimate of drug-likeness (QED) is 0.779. The first-order valence-electron chi connectivity index (χ1n) is 7.52. The van der Waals surface area contributed by atoms with Gasteiger partial charge in [0.05, 0.1) is 4.91 Å². The van der Waals surface area contributed by atoms with E-state index >= 15 is 0 Å². The minimum Gasteiger partial charge on any atom is -0.508 e. The Bertz CT molecular complexity index is 894. The van der Waals surface area contributed by atoms with Gasteiger partial charge < -0.3 is 10.4 Å². The third-order valence-corrected chi connectivity index (χ3v) is 4.65. The molecule has 26 heavy (non-hydrogen) atoms. The van der Waals surface area contributed by atoms with Gasteiger partial charge in [-0.1, -0.05) is 23.7 Å². The second-order valence-corrected chi connectivity index (χ2v) is 6.84. The van der Waals surface area contributed by atoms with Gasteiger partial charge in [-0.15, -0.1) is 0 Å². The molecular formula is C18H13ClN2O4S. The Balaban J connectivity index is 1.67. The summed E-state index contributed by atoms with van der Waals surface area (Å²) in [5, 5.41) is 11.9. The van der Waals surface area contributed by atoms with E-state index in [1.807, 2.05) is 0 Å². The van der Waals surface area contributed by atoms with Crippen molar-refractivity contribution in [3.63, 3.8) is 0 Å². The van der Waals surface area contributed by atoms with Gasteiger partial charge in [-0.3, -0.25) is 19.3 Å². The first kappa shape index (κ1) is 18.0. The summed E-state index contributed by atoms with van der Waals surface area (Å²) in [6.45, 7) is -0.375. The van der Waals surface area contributed by atoms with E-state index in [-0.39, 0.29) is 17.2 Å². The van der Waals surface area contributed by atoms with Crippen molar-refractivity contribution < 1.29 is 19.5 Å². The topological polar surface area (TPSA) is 86.7 Å². The average molecular weight is 389 g/mol. The number of benzene rings is 2. The number of aromatic hydroxyl groups is 1. The molecule has 3 amide bonds. The van der Waals surface area contributed by atoms with Crippen LogP contribution in [0.15, 0.2) is 53.4 Å². The van der Waals surface area contributed by atoms with Crippen molar-refractivity contribution in [1.82, 2.24) is 4.90 Å². The minimum atomic E-state index is -0.528. The molecule has 0 unspecified atom stereocenters. The first-order chi connectivity index (χ1) is 12.4. The maximum absolute atomic E-state index is 12.4. The zero-order valence-corrected chi connectivity index (χ0v) is 14.9. The highest BCUT2D eigenvalue weighted by molar-refractivity contribution is 8.18. The molecule has 0 radical (unpaired) electrons. The summed E-state index contributed by atoms with van der Waals surface area (Å²) >= 11 is 6.55. The maximum Gasteiger partial charge on any atom is 0.294 e. The Morgan fingerprint density at radius 3 is 2.42 bits per heavy atom. The molecule has 132 valence electrons. The summed E-state index contributed by atoms with van der Waals surface area (Å²) in [7, 11) is 0. The molecule has 3 rings (SSSR count). The Labute approximate surface area is 158 Å². The molecule has 8 heteroatoms. The fourth-order valence-corrected chi connectivity index (χ4v) is 3.20. The van der Waals surface area contributed by atoms with Crippen LogP contribution < -0.4 is 5.32 Å². The molecule has 1 fully saturated rings. The molecule has 2 N–H and O–H groups in total. The number of carbonyl (C=O) groups is 3. The number of rotatable bonds is 4. The molecule has 1 heterocycles. The van der Waals surface area contributed by atoms with Crippen molar-refractivity contribution in [2.45, 2.75) is 0 Å². The van der Waals surface area contributed by atoms with Gasteiger partial charge in [-0.25, -0.2) is 0 Å². The molecule has 0 spiro atoms. The molecule has 1 saturated heterocycles. The predicted octanol–water partition coefficient (Wildman–Crippen LogP) is 3.72. The number of carbonyl (C=O) groups excluding carboxylic acids is 3. The molecule has 6 nitrogen and oxygen atoms in total. The first-order valence-corrected chi connectivity index (χ1v) is 8.71. The van der Waals surface area contributed by atoms with Crippen molar-refractivity contribution in [2.75, 3.05) is 11.9 Å². The average Bonchev–Trinajstić information content (AvgIpc) is 2.86. The lowest BCUT2D eigenvalue weighted by atomic mass is 10.2. The van der Waals surface area contributed by atoms with E-state index in [0.717, 1.165) is 16.7 Å². The van der Waals surface area contributed by atoms with Gasteiger partial charge in [0, 0.05) is 10.7 Å². The zero-order valence-electron chi connectivity index (χ0n) is 13.3. The van der Waals surface area contributed by atoms with Gasteiger partial charge in [0.25, 0.3) is 11.1 Å². The Morgan fingerprint density at radius 1 is 1.12 bits per heavy atom. The third-order valence-electron chi connectivity index (χ3n) is 3.49. The van der Waals surface area contributed by atoms with Crippen LogP contribution in [0.5, 0.6) is 5.75 Å². The van der Waals surface area contributed by atoms with E-state index in [9.17, 15) is 19.5 Å². The molecule has 1 aliphatic heterocycles. The van der Waals surface area contributed by atoms with E-state index in [1.54, 1.807) is 42.5 Å². The number of phenols is 1. The number of hydrogen-bond acceptors (Lipinski definition) is 5. The SMILES string of the molecule is O=C(CN1C(=O)S/C(=C\c2ccc(O)cc2)C1=O)Nc1ccc(Cl)cc1.